The van der Waals surface area contributed by atoms with Gasteiger partial charge in [-0.05, 0) is 50.8 Å². The molecule has 0 radical (unpaired) electrons. The fourth-order valence-corrected chi connectivity index (χ4v) is 5.01. The summed E-state index contributed by atoms with van der Waals surface area (Å²) < 4.78 is 0. The molecule has 2 fully saturated rings. The van der Waals surface area contributed by atoms with Gasteiger partial charge in [0.1, 0.15) is 5.82 Å². The number of hydrazine groups is 2. The van der Waals surface area contributed by atoms with Crippen molar-refractivity contribution in [3.8, 4) is 0 Å². The van der Waals surface area contributed by atoms with Gasteiger partial charge < -0.3 is 26.7 Å². The number of aromatic nitrogens is 2. The largest absolute Gasteiger partial charge is 0.400 e. The highest BCUT2D eigenvalue weighted by atomic mass is 16.2. The summed E-state index contributed by atoms with van der Waals surface area (Å²) in [4.78, 5) is 26.8. The number of anilines is 3. The van der Waals surface area contributed by atoms with Gasteiger partial charge in [0.05, 0.1) is 17.4 Å². The molecule has 1 amide bonds. The van der Waals surface area contributed by atoms with E-state index in [1.165, 1.54) is 0 Å². The van der Waals surface area contributed by atoms with Gasteiger partial charge >= 0.3 is 0 Å². The molecule has 10 nitrogen and oxygen atoms in total. The summed E-state index contributed by atoms with van der Waals surface area (Å²) in [6.07, 6.45) is 7.41. The summed E-state index contributed by atoms with van der Waals surface area (Å²) in [5.74, 6) is 1.45. The van der Waals surface area contributed by atoms with E-state index in [9.17, 15) is 4.79 Å². The molecule has 0 spiro atoms. The lowest BCUT2D eigenvalue weighted by molar-refractivity contribution is 0.0652. The predicted octanol–water partition coefficient (Wildman–Crippen LogP) is 1.60. The summed E-state index contributed by atoms with van der Waals surface area (Å²) >= 11 is 0. The van der Waals surface area contributed by atoms with Gasteiger partial charge in [-0.1, -0.05) is 0 Å². The first-order valence-corrected chi connectivity index (χ1v) is 11.9. The minimum absolute atomic E-state index is 0.0169. The Labute approximate surface area is 199 Å². The van der Waals surface area contributed by atoms with Crippen molar-refractivity contribution in [3.05, 3.63) is 47.0 Å². The number of aryl methyl sites for hydroxylation is 1. The summed E-state index contributed by atoms with van der Waals surface area (Å²) in [5, 5.41) is 1.87. The van der Waals surface area contributed by atoms with E-state index in [4.69, 9.17) is 16.5 Å². The monoisotopic (exact) mass is 463 g/mol. The van der Waals surface area contributed by atoms with Crippen molar-refractivity contribution in [2.75, 3.05) is 42.0 Å². The maximum Gasteiger partial charge on any atom is 0.254 e. The Hall–Kier alpha value is -3.37. The van der Waals surface area contributed by atoms with Crippen LogP contribution in [0.1, 0.15) is 47.4 Å². The topological polar surface area (TPSA) is 129 Å². The number of nitrogens with two attached hydrogens (primary N) is 2. The first-order chi connectivity index (χ1) is 16.4. The molecule has 0 bridgehead atoms. The van der Waals surface area contributed by atoms with E-state index >= 15 is 0 Å². The number of hydrogen-bond acceptors (Lipinski definition) is 9. The number of hydrogen-bond donors (Lipinski definition) is 4. The third-order valence-corrected chi connectivity index (χ3v) is 6.90. The van der Waals surface area contributed by atoms with Gasteiger partial charge in [0.2, 0.25) is 0 Å². The van der Waals surface area contributed by atoms with Gasteiger partial charge in [0.25, 0.3) is 5.91 Å². The highest BCUT2D eigenvalue weighted by molar-refractivity contribution is 5.97. The molecular weight excluding hydrogens is 430 g/mol. The van der Waals surface area contributed by atoms with Crippen molar-refractivity contribution < 1.29 is 4.79 Å². The Balaban J connectivity index is 1.38. The molecular formula is C24H33N9O. The maximum absolute atomic E-state index is 13.5. The van der Waals surface area contributed by atoms with E-state index in [0.29, 0.717) is 23.6 Å². The van der Waals surface area contributed by atoms with Gasteiger partial charge in [-0.25, -0.2) is 9.97 Å². The average Bonchev–Trinajstić information content (AvgIpc) is 3.45. The zero-order chi connectivity index (χ0) is 23.8. The van der Waals surface area contributed by atoms with Crippen LogP contribution in [0.25, 0.3) is 6.08 Å². The number of nitrogens with one attached hydrogen (secondary N) is 2. The minimum Gasteiger partial charge on any atom is -0.400 e. The van der Waals surface area contributed by atoms with Gasteiger partial charge in [-0.2, -0.15) is 0 Å². The summed E-state index contributed by atoms with van der Waals surface area (Å²) in [7, 11) is 1.92. The Kier molecular flexibility index (Phi) is 6.01. The van der Waals surface area contributed by atoms with Gasteiger partial charge in [0.15, 0.2) is 5.82 Å². The van der Waals surface area contributed by atoms with Crippen LogP contribution in [0.3, 0.4) is 0 Å². The number of piperidine rings is 1. The van der Waals surface area contributed by atoms with E-state index in [0.717, 1.165) is 61.5 Å². The van der Waals surface area contributed by atoms with Crippen LogP contribution in [0.2, 0.25) is 0 Å². The van der Waals surface area contributed by atoms with E-state index in [1.807, 2.05) is 54.4 Å². The number of amides is 1. The van der Waals surface area contributed by atoms with Crippen LogP contribution in [-0.2, 0) is 0 Å². The van der Waals surface area contributed by atoms with Gasteiger partial charge in [-0.3, -0.25) is 9.80 Å². The molecule has 2 aromatic rings. The number of carbonyl (C=O) groups excluding carboxylic acids is 1. The summed E-state index contributed by atoms with van der Waals surface area (Å²) in [6, 6.07) is 5.69. The molecule has 6 N–H and O–H groups in total. The molecule has 0 unspecified atom stereocenters. The molecule has 1 aromatic heterocycles. The molecule has 3 aliphatic rings. The smallest absolute Gasteiger partial charge is 0.254 e. The fourth-order valence-electron chi connectivity index (χ4n) is 5.01. The first kappa shape index (κ1) is 22.4. The lowest BCUT2D eigenvalue weighted by Gasteiger charge is -2.36. The van der Waals surface area contributed by atoms with Crippen molar-refractivity contribution in [2.45, 2.75) is 44.7 Å². The molecule has 0 aliphatic carbocycles. The molecule has 3 aliphatic heterocycles. The second-order valence-electron chi connectivity index (χ2n) is 9.41. The molecule has 2 saturated heterocycles. The minimum atomic E-state index is -0.183. The third kappa shape index (κ3) is 4.26. The number of carbonyl (C=O) groups is 1. The SMILES string of the molecule is Cc1cnc(C=C(N)[C@@H]2CCCCN2C(=O)c2ccc3c(c2)NNN3C)nc1N1CC[C@H](N)C1. The van der Waals surface area contributed by atoms with Crippen LogP contribution in [0, 0.1) is 6.92 Å². The fraction of sp³-hybridized carbons (Fsp3) is 0.458. The zero-order valence-corrected chi connectivity index (χ0v) is 19.8. The predicted molar refractivity (Wildman–Crippen MR) is 134 cm³/mol. The average molecular weight is 464 g/mol. The van der Waals surface area contributed by atoms with Gasteiger partial charge in [0, 0.05) is 61.8 Å². The molecule has 2 atom stereocenters. The standard InChI is InChI=1S/C24H33N9O/c1-15-13-27-22(28-23(15)32-10-8-17(25)14-32)12-18(26)20-5-3-4-9-33(20)24(34)16-6-7-21-19(11-16)29-30-31(21)2/h6-7,11-13,17,20,29-30H,3-5,8-10,14,25-26H2,1-2H3/t17-,20-/m0/s1. The Morgan fingerprint density at radius 1 is 1.24 bits per heavy atom. The molecule has 10 heteroatoms. The number of nitrogens with zero attached hydrogens (tertiary/aromatic N) is 5. The van der Waals surface area contributed by atoms with Crippen molar-refractivity contribution in [2.24, 2.45) is 11.5 Å². The van der Waals surface area contributed by atoms with Crippen molar-refractivity contribution in [3.63, 3.8) is 0 Å². The number of fused-ring (bicyclic) bond motifs is 1. The second-order valence-corrected chi connectivity index (χ2v) is 9.41. The van der Waals surface area contributed by atoms with E-state index in [2.05, 4.69) is 20.8 Å². The van der Waals surface area contributed by atoms with E-state index < -0.39 is 0 Å². The van der Waals surface area contributed by atoms with Crippen LogP contribution in [0.4, 0.5) is 17.2 Å². The van der Waals surface area contributed by atoms with Gasteiger partial charge in [-0.15, -0.1) is 5.53 Å². The first-order valence-electron chi connectivity index (χ1n) is 11.9. The lowest BCUT2D eigenvalue weighted by Crippen LogP contribution is -2.46. The Morgan fingerprint density at radius 2 is 2.09 bits per heavy atom. The van der Waals surface area contributed by atoms with E-state index in [-0.39, 0.29) is 18.0 Å². The van der Waals surface area contributed by atoms with Crippen molar-refractivity contribution in [1.29, 1.82) is 0 Å². The van der Waals surface area contributed by atoms with Crippen LogP contribution in [-0.4, -0.2) is 59.5 Å². The van der Waals surface area contributed by atoms with Crippen LogP contribution < -0.4 is 32.3 Å². The number of benzene rings is 1. The molecule has 0 saturated carbocycles. The third-order valence-electron chi connectivity index (χ3n) is 6.90. The summed E-state index contributed by atoms with van der Waals surface area (Å²) in [6.45, 7) is 4.37. The second kappa shape index (κ2) is 9.11. The Bertz CT molecular complexity index is 1120. The molecule has 180 valence electrons. The highest BCUT2D eigenvalue weighted by Crippen LogP contribution is 2.31. The quantitative estimate of drug-likeness (QED) is 0.534. The lowest BCUT2D eigenvalue weighted by atomic mass is 9.97. The molecule has 1 aromatic carbocycles. The van der Waals surface area contributed by atoms with Crippen LogP contribution >= 0.6 is 0 Å². The zero-order valence-electron chi connectivity index (χ0n) is 19.8. The molecule has 34 heavy (non-hydrogen) atoms. The molecule has 4 heterocycles. The van der Waals surface area contributed by atoms with Crippen molar-refractivity contribution in [1.82, 2.24) is 20.4 Å². The molecule has 5 rings (SSSR count). The van der Waals surface area contributed by atoms with E-state index in [1.54, 1.807) is 0 Å². The normalized spacial score (nSPS) is 22.7. The maximum atomic E-state index is 13.5. The number of likely N-dealkylation sites (tertiary alicyclic amines) is 1. The van der Waals surface area contributed by atoms with Crippen molar-refractivity contribution >= 4 is 29.2 Å². The Morgan fingerprint density at radius 3 is 2.88 bits per heavy atom. The van der Waals surface area contributed by atoms with Crippen LogP contribution in [0.15, 0.2) is 30.1 Å². The van der Waals surface area contributed by atoms with Crippen LogP contribution in [0.5, 0.6) is 0 Å². The highest BCUT2D eigenvalue weighted by Gasteiger charge is 2.30. The number of rotatable bonds is 4. The summed E-state index contributed by atoms with van der Waals surface area (Å²) in [5.41, 5.74) is 22.9.